The van der Waals surface area contributed by atoms with Gasteiger partial charge in [0.25, 0.3) is 0 Å². The van der Waals surface area contributed by atoms with E-state index in [4.69, 9.17) is 0 Å². The largest absolute Gasteiger partial charge is 0.416 e. The smallest absolute Gasteiger partial charge is 0.207 e. The molecule has 7 heteroatoms. The number of benzene rings is 2. The number of rotatable bonds is 0. The van der Waals surface area contributed by atoms with Crippen LogP contribution < -0.4 is 0 Å². The highest BCUT2D eigenvalue weighted by atomic mass is 19.4. The third-order valence-electron chi connectivity index (χ3n) is 3.18. The molecule has 0 aliphatic rings. The first-order valence-electron chi connectivity index (χ1n) is 6.80. The SMILES string of the molecule is Cc1cc(C(F)(F)F)ccc1F.Cc1ccc(C)c(C(F)(F)F)c1. The molecule has 2 aromatic rings. The van der Waals surface area contributed by atoms with Crippen molar-refractivity contribution >= 4 is 0 Å². The van der Waals surface area contributed by atoms with Crippen molar-refractivity contribution in [3.8, 4) is 0 Å². The normalized spacial score (nSPS) is 11.8. The van der Waals surface area contributed by atoms with Gasteiger partial charge in [-0.25, -0.2) is 4.39 Å². The third-order valence-corrected chi connectivity index (χ3v) is 3.18. The van der Waals surface area contributed by atoms with Crippen molar-refractivity contribution in [2.75, 3.05) is 0 Å². The lowest BCUT2D eigenvalue weighted by molar-refractivity contribution is -0.138. The molecule has 0 aliphatic carbocycles. The van der Waals surface area contributed by atoms with Crippen molar-refractivity contribution in [3.63, 3.8) is 0 Å². The summed E-state index contributed by atoms with van der Waals surface area (Å²) in [6.45, 7) is 4.40. The molecule has 0 radical (unpaired) electrons. The van der Waals surface area contributed by atoms with Crippen LogP contribution in [0.15, 0.2) is 36.4 Å². The third kappa shape index (κ3) is 5.54. The second-order valence-electron chi connectivity index (χ2n) is 5.28. The summed E-state index contributed by atoms with van der Waals surface area (Å²) in [7, 11) is 0. The zero-order chi connectivity index (χ0) is 18.7. The van der Waals surface area contributed by atoms with E-state index >= 15 is 0 Å². The summed E-state index contributed by atoms with van der Waals surface area (Å²) in [5.74, 6) is -0.622. The molecule has 132 valence electrons. The molecule has 0 saturated heterocycles. The van der Waals surface area contributed by atoms with Gasteiger partial charge in [-0.2, -0.15) is 26.3 Å². The van der Waals surface area contributed by atoms with Gasteiger partial charge in [-0.05, 0) is 56.2 Å². The van der Waals surface area contributed by atoms with Crippen LogP contribution in [-0.2, 0) is 12.4 Å². The molecule has 2 rings (SSSR count). The molecule has 24 heavy (non-hydrogen) atoms. The van der Waals surface area contributed by atoms with Crippen LogP contribution in [-0.4, -0.2) is 0 Å². The number of hydrogen-bond acceptors (Lipinski definition) is 0. The van der Waals surface area contributed by atoms with Crippen LogP contribution in [0.25, 0.3) is 0 Å². The quantitative estimate of drug-likeness (QED) is 0.476. The van der Waals surface area contributed by atoms with E-state index in [9.17, 15) is 30.7 Å². The van der Waals surface area contributed by atoms with Crippen molar-refractivity contribution in [3.05, 3.63) is 70.0 Å². The van der Waals surface area contributed by atoms with E-state index in [2.05, 4.69) is 0 Å². The summed E-state index contributed by atoms with van der Waals surface area (Å²) in [6.07, 6.45) is -8.62. The number of halogens is 7. The fourth-order valence-corrected chi connectivity index (χ4v) is 1.86. The lowest BCUT2D eigenvalue weighted by Gasteiger charge is -2.10. The Morgan fingerprint density at radius 3 is 1.67 bits per heavy atom. The van der Waals surface area contributed by atoms with Crippen LogP contribution in [0.1, 0.15) is 27.8 Å². The molecular weight excluding hydrogens is 337 g/mol. The van der Waals surface area contributed by atoms with Gasteiger partial charge < -0.3 is 0 Å². The molecule has 0 heterocycles. The van der Waals surface area contributed by atoms with Crippen LogP contribution in [0, 0.1) is 26.6 Å². The molecule has 2 aromatic carbocycles. The second kappa shape index (κ2) is 7.23. The molecule has 0 saturated carbocycles. The fraction of sp³-hybridized carbons (Fsp3) is 0.294. The van der Waals surface area contributed by atoms with Crippen molar-refractivity contribution in [1.82, 2.24) is 0 Å². The topological polar surface area (TPSA) is 0 Å². The van der Waals surface area contributed by atoms with Gasteiger partial charge in [0.05, 0.1) is 11.1 Å². The highest BCUT2D eigenvalue weighted by Crippen LogP contribution is 2.32. The molecule has 0 atom stereocenters. The van der Waals surface area contributed by atoms with E-state index in [1.165, 1.54) is 19.9 Å². The van der Waals surface area contributed by atoms with Gasteiger partial charge >= 0.3 is 12.4 Å². The standard InChI is InChI=1S/C9H9F3.C8H6F4/c1-6-3-4-7(2)8(5-6)9(10,11)12;1-5-4-6(8(10,11)12)2-3-7(5)9/h3-5H,1-2H3;2-4H,1H3. The van der Waals surface area contributed by atoms with E-state index in [0.29, 0.717) is 5.56 Å². The second-order valence-corrected chi connectivity index (χ2v) is 5.28. The summed E-state index contributed by atoms with van der Waals surface area (Å²) < 4.78 is 85.1. The van der Waals surface area contributed by atoms with Crippen molar-refractivity contribution < 1.29 is 30.7 Å². The van der Waals surface area contributed by atoms with Gasteiger partial charge in [-0.15, -0.1) is 0 Å². The van der Waals surface area contributed by atoms with Crippen molar-refractivity contribution in [1.29, 1.82) is 0 Å². The summed E-state index contributed by atoms with van der Waals surface area (Å²) in [5, 5.41) is 0. The molecule has 0 unspecified atom stereocenters. The van der Waals surface area contributed by atoms with E-state index in [1.807, 2.05) is 0 Å². The van der Waals surface area contributed by atoms with E-state index in [0.717, 1.165) is 24.3 Å². The Bertz CT molecular complexity index is 697. The fourth-order valence-electron chi connectivity index (χ4n) is 1.86. The Kier molecular flexibility index (Phi) is 6.03. The Hall–Kier alpha value is -2.05. The minimum absolute atomic E-state index is 0.00447. The highest BCUT2D eigenvalue weighted by Gasteiger charge is 2.32. The van der Waals surface area contributed by atoms with Crippen LogP contribution in [0.3, 0.4) is 0 Å². The molecule has 0 aromatic heterocycles. The Morgan fingerprint density at radius 1 is 0.667 bits per heavy atom. The van der Waals surface area contributed by atoms with E-state index < -0.39 is 29.3 Å². The maximum absolute atomic E-state index is 12.5. The van der Waals surface area contributed by atoms with Gasteiger partial charge in [0.1, 0.15) is 5.82 Å². The van der Waals surface area contributed by atoms with Crippen LogP contribution in [0.4, 0.5) is 30.7 Å². The lowest BCUT2D eigenvalue weighted by atomic mass is 10.1. The van der Waals surface area contributed by atoms with Gasteiger partial charge in [-0.1, -0.05) is 17.7 Å². The predicted molar refractivity (Wildman–Crippen MR) is 77.1 cm³/mol. The molecule has 0 N–H and O–H groups in total. The Balaban J connectivity index is 0.000000240. The average Bonchev–Trinajstić information content (AvgIpc) is 2.43. The average molecular weight is 352 g/mol. The number of alkyl halides is 6. The van der Waals surface area contributed by atoms with Gasteiger partial charge in [0.15, 0.2) is 0 Å². The van der Waals surface area contributed by atoms with Crippen LogP contribution >= 0.6 is 0 Å². The summed E-state index contributed by atoms with van der Waals surface area (Å²) in [4.78, 5) is 0. The molecule has 0 aliphatic heterocycles. The monoisotopic (exact) mass is 352 g/mol. The number of aryl methyl sites for hydroxylation is 3. The molecule has 0 bridgehead atoms. The van der Waals surface area contributed by atoms with Crippen LogP contribution in [0.5, 0.6) is 0 Å². The predicted octanol–water partition coefficient (Wildman–Crippen LogP) is 6.48. The molecular formula is C17H15F7. The Labute approximate surface area is 134 Å². The number of hydrogen-bond donors (Lipinski definition) is 0. The van der Waals surface area contributed by atoms with E-state index in [-0.39, 0.29) is 11.1 Å². The summed E-state index contributed by atoms with van der Waals surface area (Å²) in [5.41, 5.74) is -0.449. The summed E-state index contributed by atoms with van der Waals surface area (Å²) >= 11 is 0. The maximum atomic E-state index is 12.5. The Morgan fingerprint density at radius 2 is 1.25 bits per heavy atom. The highest BCUT2D eigenvalue weighted by molar-refractivity contribution is 5.32. The maximum Gasteiger partial charge on any atom is 0.416 e. The minimum atomic E-state index is -4.39. The lowest BCUT2D eigenvalue weighted by Crippen LogP contribution is -2.07. The zero-order valence-corrected chi connectivity index (χ0v) is 13.1. The van der Waals surface area contributed by atoms with Crippen molar-refractivity contribution in [2.24, 2.45) is 0 Å². The minimum Gasteiger partial charge on any atom is -0.207 e. The van der Waals surface area contributed by atoms with Crippen LogP contribution in [0.2, 0.25) is 0 Å². The summed E-state index contributed by atoms with van der Waals surface area (Å²) in [6, 6.07) is 6.65. The first kappa shape index (κ1) is 20.0. The molecule has 0 amide bonds. The molecule has 0 fully saturated rings. The van der Waals surface area contributed by atoms with E-state index in [1.54, 1.807) is 13.0 Å². The zero-order valence-electron chi connectivity index (χ0n) is 13.1. The van der Waals surface area contributed by atoms with Gasteiger partial charge in [0, 0.05) is 0 Å². The van der Waals surface area contributed by atoms with Crippen molar-refractivity contribution in [2.45, 2.75) is 33.1 Å². The first-order chi connectivity index (χ1) is 10.8. The molecule has 0 spiro atoms. The first-order valence-corrected chi connectivity index (χ1v) is 6.80. The van der Waals surface area contributed by atoms with Gasteiger partial charge in [-0.3, -0.25) is 0 Å². The van der Waals surface area contributed by atoms with Gasteiger partial charge in [0.2, 0.25) is 0 Å². The molecule has 0 nitrogen and oxygen atoms in total.